The summed E-state index contributed by atoms with van der Waals surface area (Å²) in [6.45, 7) is 0.0456. The van der Waals surface area contributed by atoms with Crippen molar-refractivity contribution in [2.24, 2.45) is 11.8 Å². The second-order valence-electron chi connectivity index (χ2n) is 3.09. The molecule has 7 heteroatoms. The lowest BCUT2D eigenvalue weighted by atomic mass is 9.86. The van der Waals surface area contributed by atoms with Crippen molar-refractivity contribution in [3.05, 3.63) is 0 Å². The van der Waals surface area contributed by atoms with Crippen LogP contribution in [0.15, 0.2) is 0 Å². The van der Waals surface area contributed by atoms with Crippen molar-refractivity contribution in [2.45, 2.75) is 12.6 Å². The number of nitrogens with one attached hydrogen (secondary N) is 1. The normalized spacial score (nSPS) is 27.9. The molecule has 14 heavy (non-hydrogen) atoms. The topological polar surface area (TPSA) is 49.3 Å². The zero-order chi connectivity index (χ0) is 10.1. The highest BCUT2D eigenvalue weighted by molar-refractivity contribution is 5.85. The molecule has 3 nitrogen and oxygen atoms in total. The molecule has 0 aliphatic carbocycles. The van der Waals surface area contributed by atoms with Crippen LogP contribution in [-0.2, 0) is 4.79 Å². The van der Waals surface area contributed by atoms with Gasteiger partial charge < -0.3 is 10.4 Å². The number of aliphatic carboxylic acids is 1. The van der Waals surface area contributed by atoms with E-state index in [-0.39, 0.29) is 25.4 Å². The molecule has 0 amide bonds. The van der Waals surface area contributed by atoms with Gasteiger partial charge >= 0.3 is 12.1 Å². The van der Waals surface area contributed by atoms with Crippen LogP contribution in [0.5, 0.6) is 0 Å². The first-order valence-corrected chi connectivity index (χ1v) is 3.93. The molecule has 1 saturated heterocycles. The summed E-state index contributed by atoms with van der Waals surface area (Å²) in [6.07, 6.45) is -4.38. The van der Waals surface area contributed by atoms with E-state index in [0.29, 0.717) is 6.54 Å². The molecule has 1 aliphatic heterocycles. The Hall–Kier alpha value is -0.490. The number of alkyl halides is 3. The molecule has 0 spiro atoms. The standard InChI is InChI=1S/C7H10F3NO2.ClH/c8-7(9,10)5-3-11-2-1-4(5)6(12)13;/h4-5,11H,1-3H2,(H,12,13);1H/t4-,5-;/m0./s1. The van der Waals surface area contributed by atoms with Crippen molar-refractivity contribution in [1.29, 1.82) is 0 Å². The van der Waals surface area contributed by atoms with E-state index in [0.717, 1.165) is 0 Å². The highest BCUT2D eigenvalue weighted by Crippen LogP contribution is 2.34. The summed E-state index contributed by atoms with van der Waals surface area (Å²) in [6, 6.07) is 0. The lowest BCUT2D eigenvalue weighted by Gasteiger charge is -2.30. The number of carbonyl (C=O) groups is 1. The van der Waals surface area contributed by atoms with E-state index < -0.39 is 24.0 Å². The molecular weight excluding hydrogens is 223 g/mol. The molecule has 0 radical (unpaired) electrons. The Kier molecular flexibility index (Phi) is 4.67. The summed E-state index contributed by atoms with van der Waals surface area (Å²) >= 11 is 0. The van der Waals surface area contributed by atoms with Gasteiger partial charge in [0.05, 0.1) is 11.8 Å². The van der Waals surface area contributed by atoms with Gasteiger partial charge in [0.1, 0.15) is 0 Å². The molecule has 1 aliphatic rings. The summed E-state index contributed by atoms with van der Waals surface area (Å²) in [4.78, 5) is 10.5. The zero-order valence-corrected chi connectivity index (χ0v) is 7.99. The van der Waals surface area contributed by atoms with E-state index in [1.807, 2.05) is 0 Å². The molecular formula is C7H11ClF3NO2. The SMILES string of the molecule is Cl.O=C(O)[C@H]1CCNC[C@@H]1C(F)(F)F. The maximum atomic E-state index is 12.2. The van der Waals surface area contributed by atoms with Crippen LogP contribution in [0.2, 0.25) is 0 Å². The van der Waals surface area contributed by atoms with Gasteiger partial charge in [-0.15, -0.1) is 12.4 Å². The summed E-state index contributed by atoms with van der Waals surface area (Å²) in [7, 11) is 0. The predicted octanol–water partition coefficient (Wildman–Crippen LogP) is 1.28. The fourth-order valence-electron chi connectivity index (χ4n) is 1.50. The van der Waals surface area contributed by atoms with E-state index in [1.165, 1.54) is 0 Å². The summed E-state index contributed by atoms with van der Waals surface area (Å²) in [5.74, 6) is -4.40. The number of hydrogen-bond donors (Lipinski definition) is 2. The van der Waals surface area contributed by atoms with Crippen molar-refractivity contribution >= 4 is 18.4 Å². The van der Waals surface area contributed by atoms with Gasteiger partial charge in [0.25, 0.3) is 0 Å². The van der Waals surface area contributed by atoms with Crippen LogP contribution >= 0.6 is 12.4 Å². The summed E-state index contributed by atoms with van der Waals surface area (Å²) in [5, 5.41) is 11.1. The van der Waals surface area contributed by atoms with Gasteiger partial charge in [-0.3, -0.25) is 4.79 Å². The fraction of sp³-hybridized carbons (Fsp3) is 0.857. The first kappa shape index (κ1) is 13.5. The number of hydrogen-bond acceptors (Lipinski definition) is 2. The molecule has 0 aromatic heterocycles. The van der Waals surface area contributed by atoms with Gasteiger partial charge in [0.2, 0.25) is 0 Å². The number of carboxylic acid groups (broad SMARTS) is 1. The van der Waals surface area contributed by atoms with Crippen molar-refractivity contribution in [3.8, 4) is 0 Å². The highest BCUT2D eigenvalue weighted by Gasteiger charge is 2.48. The fourth-order valence-corrected chi connectivity index (χ4v) is 1.50. The average Bonchev–Trinajstić information content (AvgIpc) is 2.03. The van der Waals surface area contributed by atoms with Gasteiger partial charge in [-0.1, -0.05) is 0 Å². The molecule has 0 unspecified atom stereocenters. The van der Waals surface area contributed by atoms with E-state index in [2.05, 4.69) is 5.32 Å². The third kappa shape index (κ3) is 3.02. The Balaban J connectivity index is 0.00000169. The number of carboxylic acids is 1. The Bertz CT molecular complexity index is 210. The van der Waals surface area contributed by atoms with Gasteiger partial charge in [0.15, 0.2) is 0 Å². The van der Waals surface area contributed by atoms with E-state index in [9.17, 15) is 18.0 Å². The average molecular weight is 234 g/mol. The van der Waals surface area contributed by atoms with Gasteiger partial charge in [-0.2, -0.15) is 13.2 Å². The van der Waals surface area contributed by atoms with Gasteiger partial charge in [0, 0.05) is 6.54 Å². The minimum absolute atomic E-state index is 0. The molecule has 1 rings (SSSR count). The Labute approximate surface area is 85.1 Å². The molecule has 1 fully saturated rings. The molecule has 0 aromatic carbocycles. The molecule has 84 valence electrons. The summed E-state index contributed by atoms with van der Waals surface area (Å²) in [5.41, 5.74) is 0. The molecule has 0 aromatic rings. The van der Waals surface area contributed by atoms with Crippen LogP contribution in [0, 0.1) is 11.8 Å². The Morgan fingerprint density at radius 1 is 1.43 bits per heavy atom. The third-order valence-corrected chi connectivity index (χ3v) is 2.22. The Morgan fingerprint density at radius 2 is 2.00 bits per heavy atom. The monoisotopic (exact) mass is 233 g/mol. The van der Waals surface area contributed by atoms with Crippen LogP contribution in [0.25, 0.3) is 0 Å². The highest BCUT2D eigenvalue weighted by atomic mass is 35.5. The van der Waals surface area contributed by atoms with Crippen molar-refractivity contribution in [3.63, 3.8) is 0 Å². The smallest absolute Gasteiger partial charge is 0.393 e. The lowest BCUT2D eigenvalue weighted by Crippen LogP contribution is -2.47. The maximum absolute atomic E-state index is 12.2. The minimum Gasteiger partial charge on any atom is -0.481 e. The van der Waals surface area contributed by atoms with Crippen molar-refractivity contribution < 1.29 is 23.1 Å². The van der Waals surface area contributed by atoms with Crippen LogP contribution in [0.3, 0.4) is 0 Å². The first-order valence-electron chi connectivity index (χ1n) is 3.93. The minimum atomic E-state index is -4.42. The number of halogens is 4. The van der Waals surface area contributed by atoms with Crippen molar-refractivity contribution in [2.75, 3.05) is 13.1 Å². The molecule has 0 bridgehead atoms. The number of piperidine rings is 1. The quantitative estimate of drug-likeness (QED) is 0.717. The van der Waals surface area contributed by atoms with Crippen LogP contribution < -0.4 is 5.32 Å². The Morgan fingerprint density at radius 3 is 2.36 bits per heavy atom. The largest absolute Gasteiger partial charge is 0.481 e. The lowest BCUT2D eigenvalue weighted by molar-refractivity contribution is -0.199. The van der Waals surface area contributed by atoms with Crippen LogP contribution in [0.1, 0.15) is 6.42 Å². The van der Waals surface area contributed by atoms with Gasteiger partial charge in [-0.25, -0.2) is 0 Å². The van der Waals surface area contributed by atoms with Crippen molar-refractivity contribution in [1.82, 2.24) is 5.32 Å². The predicted molar refractivity (Wildman–Crippen MR) is 45.4 cm³/mol. The molecule has 2 atom stereocenters. The van der Waals surface area contributed by atoms with Crippen LogP contribution in [0.4, 0.5) is 13.2 Å². The first-order chi connectivity index (χ1) is 5.93. The zero-order valence-electron chi connectivity index (χ0n) is 7.17. The second-order valence-corrected chi connectivity index (χ2v) is 3.09. The molecule has 1 heterocycles. The maximum Gasteiger partial charge on any atom is 0.393 e. The second kappa shape index (κ2) is 4.84. The van der Waals surface area contributed by atoms with E-state index >= 15 is 0 Å². The molecule has 2 N–H and O–H groups in total. The third-order valence-electron chi connectivity index (χ3n) is 2.22. The van der Waals surface area contributed by atoms with E-state index in [4.69, 9.17) is 5.11 Å². The molecule has 0 saturated carbocycles. The van der Waals surface area contributed by atoms with Crippen LogP contribution in [-0.4, -0.2) is 30.3 Å². The number of rotatable bonds is 1. The van der Waals surface area contributed by atoms with E-state index in [1.54, 1.807) is 0 Å². The van der Waals surface area contributed by atoms with Gasteiger partial charge in [-0.05, 0) is 13.0 Å². The summed E-state index contributed by atoms with van der Waals surface area (Å²) < 4.78 is 36.7.